The van der Waals surface area contributed by atoms with Crippen LogP contribution in [0.3, 0.4) is 0 Å². The van der Waals surface area contributed by atoms with Crippen LogP contribution < -0.4 is 0 Å². The zero-order chi connectivity index (χ0) is 13.5. The Morgan fingerprint density at radius 2 is 1.94 bits per heavy atom. The van der Waals surface area contributed by atoms with Crippen molar-refractivity contribution in [3.63, 3.8) is 0 Å². The van der Waals surface area contributed by atoms with Crippen molar-refractivity contribution in [1.29, 1.82) is 0 Å². The van der Waals surface area contributed by atoms with E-state index in [1.165, 1.54) is 12.1 Å². The number of Topliss-reactive ketones (excluding diaryl/α,β-unsaturated/α-hetero) is 2. The van der Waals surface area contributed by atoms with Gasteiger partial charge in [0.15, 0.2) is 0 Å². The van der Waals surface area contributed by atoms with Gasteiger partial charge in [0.25, 0.3) is 0 Å². The number of ketones is 2. The molecule has 18 heavy (non-hydrogen) atoms. The van der Waals surface area contributed by atoms with E-state index in [0.29, 0.717) is 12.8 Å². The molecule has 0 aliphatic rings. The van der Waals surface area contributed by atoms with Crippen LogP contribution in [0.2, 0.25) is 0 Å². The van der Waals surface area contributed by atoms with Gasteiger partial charge in [0.2, 0.25) is 5.78 Å². The van der Waals surface area contributed by atoms with E-state index in [1.54, 1.807) is 12.1 Å². The van der Waals surface area contributed by atoms with Crippen molar-refractivity contribution in [2.45, 2.75) is 25.7 Å². The average molecular weight is 252 g/mol. The molecule has 0 unspecified atom stereocenters. The van der Waals surface area contributed by atoms with Crippen LogP contribution >= 0.6 is 0 Å². The van der Waals surface area contributed by atoms with Gasteiger partial charge >= 0.3 is 5.97 Å². The molecule has 4 nitrogen and oxygen atoms in total. The van der Waals surface area contributed by atoms with Gasteiger partial charge in [0.1, 0.15) is 11.6 Å². The van der Waals surface area contributed by atoms with Crippen molar-refractivity contribution in [3.8, 4) is 0 Å². The number of benzene rings is 1. The molecule has 0 aliphatic heterocycles. The zero-order valence-corrected chi connectivity index (χ0v) is 9.69. The summed E-state index contributed by atoms with van der Waals surface area (Å²) >= 11 is 0. The molecule has 0 saturated heterocycles. The maximum absolute atomic E-state index is 12.8. The molecule has 0 aliphatic carbocycles. The average Bonchev–Trinajstić information content (AvgIpc) is 2.28. The molecule has 1 aromatic rings. The van der Waals surface area contributed by atoms with Gasteiger partial charge in [0.05, 0.1) is 6.42 Å². The Balaban J connectivity index is 2.32. The van der Waals surface area contributed by atoms with E-state index in [0.717, 1.165) is 5.56 Å². The maximum atomic E-state index is 12.8. The van der Waals surface area contributed by atoms with Gasteiger partial charge in [-0.25, -0.2) is 9.18 Å². The highest BCUT2D eigenvalue weighted by Crippen LogP contribution is 2.08. The summed E-state index contributed by atoms with van der Waals surface area (Å²) in [5.41, 5.74) is 0.771. The van der Waals surface area contributed by atoms with E-state index in [4.69, 9.17) is 5.11 Å². The van der Waals surface area contributed by atoms with E-state index < -0.39 is 24.0 Å². The topological polar surface area (TPSA) is 71.4 Å². The Bertz CT molecular complexity index is 468. The summed E-state index contributed by atoms with van der Waals surface area (Å²) in [6, 6.07) is 6.05. The minimum atomic E-state index is -1.59. The second-order valence-electron chi connectivity index (χ2n) is 3.93. The Labute approximate surface area is 103 Å². The normalized spacial score (nSPS) is 10.1. The van der Waals surface area contributed by atoms with Gasteiger partial charge in [-0.1, -0.05) is 12.1 Å². The number of carboxylic acids is 1. The first kappa shape index (κ1) is 14.0. The lowest BCUT2D eigenvalue weighted by atomic mass is 10.0. The number of rotatable bonds is 7. The molecule has 1 N–H and O–H groups in total. The lowest BCUT2D eigenvalue weighted by Gasteiger charge is -2.01. The zero-order valence-electron chi connectivity index (χ0n) is 9.69. The summed E-state index contributed by atoms with van der Waals surface area (Å²) in [5.74, 6) is -3.42. The van der Waals surface area contributed by atoms with Crippen LogP contribution in [0.1, 0.15) is 24.8 Å². The standard InChI is InChI=1S/C13H13FO4/c14-10-5-1-3-9(7-10)4-2-6-11(15)8-12(16)13(17)18/h1,3,5,7H,2,4,6,8H2,(H,17,18). The highest BCUT2D eigenvalue weighted by atomic mass is 19.1. The third-order valence-electron chi connectivity index (χ3n) is 2.41. The van der Waals surface area contributed by atoms with E-state index in [1.807, 2.05) is 0 Å². The molecule has 0 atom stereocenters. The molecule has 0 fully saturated rings. The number of hydrogen-bond acceptors (Lipinski definition) is 3. The fraction of sp³-hybridized carbons (Fsp3) is 0.308. The van der Waals surface area contributed by atoms with Gasteiger partial charge in [-0.2, -0.15) is 0 Å². The number of aryl methyl sites for hydroxylation is 1. The number of carbonyl (C=O) groups excluding carboxylic acids is 2. The van der Waals surface area contributed by atoms with Crippen molar-refractivity contribution < 1.29 is 23.9 Å². The molecular formula is C13H13FO4. The molecular weight excluding hydrogens is 239 g/mol. The minimum Gasteiger partial charge on any atom is -0.475 e. The molecule has 1 aromatic carbocycles. The second kappa shape index (κ2) is 6.64. The van der Waals surface area contributed by atoms with Crippen molar-refractivity contribution in [1.82, 2.24) is 0 Å². The smallest absolute Gasteiger partial charge is 0.372 e. The number of carboxylic acid groups (broad SMARTS) is 1. The van der Waals surface area contributed by atoms with Crippen LogP contribution in [-0.4, -0.2) is 22.6 Å². The lowest BCUT2D eigenvalue weighted by molar-refractivity contribution is -0.150. The summed E-state index contributed by atoms with van der Waals surface area (Å²) in [4.78, 5) is 32.2. The van der Waals surface area contributed by atoms with Crippen molar-refractivity contribution in [2.24, 2.45) is 0 Å². The van der Waals surface area contributed by atoms with Gasteiger partial charge < -0.3 is 5.11 Å². The Kier molecular flexibility index (Phi) is 5.17. The number of halogens is 1. The minimum absolute atomic E-state index is 0.121. The SMILES string of the molecule is O=C(CCCc1cccc(F)c1)CC(=O)C(=O)O. The van der Waals surface area contributed by atoms with Gasteiger partial charge in [-0.15, -0.1) is 0 Å². The van der Waals surface area contributed by atoms with Gasteiger partial charge in [-0.3, -0.25) is 9.59 Å². The molecule has 1 rings (SSSR count). The molecule has 0 spiro atoms. The molecule has 0 bridgehead atoms. The van der Waals surface area contributed by atoms with Crippen molar-refractivity contribution >= 4 is 17.5 Å². The van der Waals surface area contributed by atoms with Crippen LogP contribution in [0.15, 0.2) is 24.3 Å². The van der Waals surface area contributed by atoms with Crippen molar-refractivity contribution in [3.05, 3.63) is 35.6 Å². The van der Waals surface area contributed by atoms with Crippen molar-refractivity contribution in [2.75, 3.05) is 0 Å². The molecule has 0 radical (unpaired) electrons. The second-order valence-corrected chi connectivity index (χ2v) is 3.93. The first-order chi connectivity index (χ1) is 8.49. The molecule has 0 heterocycles. The molecule has 5 heteroatoms. The molecule has 96 valence electrons. The first-order valence-electron chi connectivity index (χ1n) is 5.51. The van der Waals surface area contributed by atoms with Crippen LogP contribution in [0, 0.1) is 5.82 Å². The van der Waals surface area contributed by atoms with E-state index >= 15 is 0 Å². The molecule has 0 aromatic heterocycles. The highest BCUT2D eigenvalue weighted by Gasteiger charge is 2.15. The summed E-state index contributed by atoms with van der Waals surface area (Å²) in [5, 5.41) is 8.32. The summed E-state index contributed by atoms with van der Waals surface area (Å²) in [6.07, 6.45) is 0.536. The molecule has 0 saturated carbocycles. The summed E-state index contributed by atoms with van der Waals surface area (Å²) in [6.45, 7) is 0. The fourth-order valence-corrected chi connectivity index (χ4v) is 1.53. The highest BCUT2D eigenvalue weighted by molar-refractivity contribution is 6.36. The molecule has 0 amide bonds. The largest absolute Gasteiger partial charge is 0.475 e. The number of aliphatic carboxylic acids is 1. The Morgan fingerprint density at radius 3 is 2.56 bits per heavy atom. The Hall–Kier alpha value is -2.04. The predicted octanol–water partition coefficient (Wildman–Crippen LogP) is 1.76. The van der Waals surface area contributed by atoms with Crippen LogP contribution in [0.25, 0.3) is 0 Å². The summed E-state index contributed by atoms with van der Waals surface area (Å²) < 4.78 is 12.8. The predicted molar refractivity (Wildman–Crippen MR) is 61.6 cm³/mol. The first-order valence-corrected chi connectivity index (χ1v) is 5.51. The fourth-order valence-electron chi connectivity index (χ4n) is 1.53. The van der Waals surface area contributed by atoms with E-state index in [-0.39, 0.29) is 12.2 Å². The van der Waals surface area contributed by atoms with Crippen LogP contribution in [-0.2, 0) is 20.8 Å². The summed E-state index contributed by atoms with van der Waals surface area (Å²) in [7, 11) is 0. The number of hydrogen-bond donors (Lipinski definition) is 1. The van der Waals surface area contributed by atoms with Gasteiger partial charge in [-0.05, 0) is 30.5 Å². The quantitative estimate of drug-likeness (QED) is 0.593. The van der Waals surface area contributed by atoms with E-state index in [9.17, 15) is 18.8 Å². The lowest BCUT2D eigenvalue weighted by Crippen LogP contribution is -2.17. The third kappa shape index (κ3) is 4.86. The number of carbonyl (C=O) groups is 3. The van der Waals surface area contributed by atoms with Gasteiger partial charge in [0, 0.05) is 6.42 Å². The Morgan fingerprint density at radius 1 is 1.22 bits per heavy atom. The maximum Gasteiger partial charge on any atom is 0.372 e. The monoisotopic (exact) mass is 252 g/mol. The van der Waals surface area contributed by atoms with Crippen LogP contribution in [0.4, 0.5) is 4.39 Å². The van der Waals surface area contributed by atoms with Crippen LogP contribution in [0.5, 0.6) is 0 Å². The third-order valence-corrected chi connectivity index (χ3v) is 2.41. The van der Waals surface area contributed by atoms with E-state index in [2.05, 4.69) is 0 Å².